The topological polar surface area (TPSA) is 52.1 Å². The quantitative estimate of drug-likeness (QED) is 0.338. The Morgan fingerprint density at radius 3 is 2.18 bits per heavy atom. The predicted octanol–water partition coefficient (Wildman–Crippen LogP) is 5.48. The van der Waals surface area contributed by atoms with E-state index in [1.54, 1.807) is 6.92 Å². The average molecular weight is 469 g/mol. The van der Waals surface area contributed by atoms with E-state index in [-0.39, 0.29) is 28.7 Å². The molecular formula is C17H11BrF6N2O2. The zero-order valence-electron chi connectivity index (χ0n) is 14.0. The summed E-state index contributed by atoms with van der Waals surface area (Å²) in [4.78, 5) is 19.2. The van der Waals surface area contributed by atoms with Crippen LogP contribution in [0.3, 0.4) is 0 Å². The van der Waals surface area contributed by atoms with Gasteiger partial charge in [0.15, 0.2) is 5.82 Å². The Hall–Kier alpha value is -2.43. The highest BCUT2D eigenvalue weighted by atomic mass is 79.9. The minimum absolute atomic E-state index is 0.0184. The molecule has 0 aliphatic heterocycles. The fourth-order valence-electron chi connectivity index (χ4n) is 2.06. The van der Waals surface area contributed by atoms with Crippen LogP contribution in [0.2, 0.25) is 0 Å². The molecule has 0 aliphatic carbocycles. The predicted molar refractivity (Wildman–Crippen MR) is 91.0 cm³/mol. The first-order chi connectivity index (χ1) is 12.9. The Kier molecular flexibility index (Phi) is 6.48. The number of carbonyl (C=O) groups is 1. The van der Waals surface area contributed by atoms with E-state index < -0.39 is 35.0 Å². The molecule has 11 heteroatoms. The molecule has 1 heterocycles. The van der Waals surface area contributed by atoms with Crippen molar-refractivity contribution in [1.29, 1.82) is 0 Å². The van der Waals surface area contributed by atoms with Gasteiger partial charge < -0.3 is 4.74 Å². The molecule has 0 unspecified atom stereocenters. The van der Waals surface area contributed by atoms with E-state index in [0.717, 1.165) is 6.20 Å². The number of rotatable bonds is 4. The van der Waals surface area contributed by atoms with Gasteiger partial charge in [0.05, 0.1) is 23.4 Å². The number of alkyl halides is 6. The van der Waals surface area contributed by atoms with Gasteiger partial charge in [-0.25, -0.2) is 14.8 Å². The fourth-order valence-corrected chi connectivity index (χ4v) is 2.41. The third kappa shape index (κ3) is 5.54. The Balaban J connectivity index is 2.53. The summed E-state index contributed by atoms with van der Waals surface area (Å²) in [5.74, 6) is -1.07. The van der Waals surface area contributed by atoms with Crippen LogP contribution in [0.1, 0.15) is 23.7 Å². The summed E-state index contributed by atoms with van der Waals surface area (Å²) < 4.78 is 82.7. The van der Waals surface area contributed by atoms with Gasteiger partial charge in [0.2, 0.25) is 0 Å². The van der Waals surface area contributed by atoms with E-state index >= 15 is 0 Å². The Morgan fingerprint density at radius 2 is 1.68 bits per heavy atom. The number of esters is 1. The molecule has 0 atom stereocenters. The Bertz CT molecular complexity index is 877. The van der Waals surface area contributed by atoms with Crippen LogP contribution in [0.5, 0.6) is 0 Å². The van der Waals surface area contributed by atoms with Crippen molar-refractivity contribution in [3.05, 3.63) is 51.8 Å². The maximum Gasteiger partial charge on any atom is 0.416 e. The Labute approximate surface area is 163 Å². The van der Waals surface area contributed by atoms with Crippen LogP contribution in [-0.4, -0.2) is 22.5 Å². The molecule has 1 aromatic carbocycles. The van der Waals surface area contributed by atoms with E-state index in [1.807, 2.05) is 0 Å². The lowest BCUT2D eigenvalue weighted by Crippen LogP contribution is -2.11. The second kappa shape index (κ2) is 8.29. The second-order valence-corrected chi connectivity index (χ2v) is 6.17. The first-order valence-electron chi connectivity index (χ1n) is 7.59. The van der Waals surface area contributed by atoms with Gasteiger partial charge in [-0.15, -0.1) is 0 Å². The molecule has 0 saturated carbocycles. The first kappa shape index (κ1) is 21.9. The molecule has 2 rings (SSSR count). The number of nitrogens with zero attached hydrogens (tertiary/aromatic N) is 2. The van der Waals surface area contributed by atoms with Gasteiger partial charge >= 0.3 is 18.3 Å². The lowest BCUT2D eigenvalue weighted by Gasteiger charge is -2.13. The molecule has 0 bridgehead atoms. The van der Waals surface area contributed by atoms with Crippen molar-refractivity contribution in [3.63, 3.8) is 0 Å². The van der Waals surface area contributed by atoms with Crippen molar-refractivity contribution in [2.75, 3.05) is 6.61 Å². The number of halogens is 7. The van der Waals surface area contributed by atoms with Crippen LogP contribution < -0.4 is 0 Å². The summed E-state index contributed by atoms with van der Waals surface area (Å²) in [6.45, 7) is 1.70. The monoisotopic (exact) mass is 468 g/mol. The van der Waals surface area contributed by atoms with Crippen LogP contribution in [0, 0.1) is 0 Å². The lowest BCUT2D eigenvalue weighted by atomic mass is 10.0. The lowest BCUT2D eigenvalue weighted by molar-refractivity contribution is -0.143. The van der Waals surface area contributed by atoms with Gasteiger partial charge in [0.25, 0.3) is 0 Å². The Morgan fingerprint density at radius 1 is 1.11 bits per heavy atom. The van der Waals surface area contributed by atoms with Gasteiger partial charge in [-0.05, 0) is 53.2 Å². The van der Waals surface area contributed by atoms with E-state index in [4.69, 9.17) is 4.74 Å². The molecule has 0 aliphatic rings. The highest BCUT2D eigenvalue weighted by Crippen LogP contribution is 2.38. The number of ether oxygens (including phenoxy) is 1. The molecule has 28 heavy (non-hydrogen) atoms. The van der Waals surface area contributed by atoms with Crippen molar-refractivity contribution in [2.24, 2.45) is 0 Å². The van der Waals surface area contributed by atoms with Gasteiger partial charge in [-0.2, -0.15) is 26.3 Å². The molecule has 0 amide bonds. The third-order valence-electron chi connectivity index (χ3n) is 3.27. The summed E-state index contributed by atoms with van der Waals surface area (Å²) in [5.41, 5.74) is -3.34. The standard InChI is InChI=1S/C17H11BrF6N2O2/c1-2-28-15(27)13(18)8-12-3-4-25-14(26-12)9-5-10(16(19,20)21)7-11(6-9)17(22,23)24/h3-8H,2H2,1H3/b13-8+. The maximum absolute atomic E-state index is 13.0. The van der Waals surface area contributed by atoms with Gasteiger partial charge in [0, 0.05) is 11.8 Å². The van der Waals surface area contributed by atoms with Crippen LogP contribution in [0.15, 0.2) is 34.9 Å². The molecule has 0 radical (unpaired) electrons. The summed E-state index contributed by atoms with van der Waals surface area (Å²) in [7, 11) is 0. The summed E-state index contributed by atoms with van der Waals surface area (Å²) in [6.07, 6.45) is -7.62. The number of carbonyl (C=O) groups excluding carboxylic acids is 1. The van der Waals surface area contributed by atoms with E-state index in [0.29, 0.717) is 12.1 Å². The smallest absolute Gasteiger partial charge is 0.416 e. The SMILES string of the molecule is CCOC(=O)/C(Br)=C\c1ccnc(-c2cc(C(F)(F)F)cc(C(F)(F)F)c2)n1. The average Bonchev–Trinajstić information content (AvgIpc) is 2.60. The molecule has 0 N–H and O–H groups in total. The highest BCUT2D eigenvalue weighted by molar-refractivity contribution is 9.12. The van der Waals surface area contributed by atoms with Crippen LogP contribution in [-0.2, 0) is 21.9 Å². The van der Waals surface area contributed by atoms with E-state index in [2.05, 4.69) is 25.9 Å². The second-order valence-electron chi connectivity index (χ2n) is 5.31. The molecule has 2 aromatic rings. The number of hydrogen-bond acceptors (Lipinski definition) is 4. The van der Waals surface area contributed by atoms with Crippen molar-refractivity contribution in [3.8, 4) is 11.4 Å². The summed E-state index contributed by atoms with van der Waals surface area (Å²) >= 11 is 2.97. The van der Waals surface area contributed by atoms with Gasteiger partial charge in [-0.3, -0.25) is 0 Å². The number of aromatic nitrogens is 2. The highest BCUT2D eigenvalue weighted by Gasteiger charge is 2.37. The maximum atomic E-state index is 13.0. The van der Waals surface area contributed by atoms with Crippen LogP contribution >= 0.6 is 15.9 Å². The molecule has 150 valence electrons. The zero-order valence-corrected chi connectivity index (χ0v) is 15.6. The third-order valence-corrected chi connectivity index (χ3v) is 3.82. The molecule has 0 spiro atoms. The van der Waals surface area contributed by atoms with E-state index in [1.165, 1.54) is 12.1 Å². The molecular weight excluding hydrogens is 458 g/mol. The minimum atomic E-state index is -4.99. The minimum Gasteiger partial charge on any atom is -0.462 e. The van der Waals surface area contributed by atoms with Gasteiger partial charge in [0.1, 0.15) is 4.48 Å². The summed E-state index contributed by atoms with van der Waals surface area (Å²) in [5, 5.41) is 0. The molecule has 0 fully saturated rings. The van der Waals surface area contributed by atoms with Crippen molar-refractivity contribution >= 4 is 28.0 Å². The van der Waals surface area contributed by atoms with Crippen molar-refractivity contribution in [2.45, 2.75) is 19.3 Å². The van der Waals surface area contributed by atoms with Crippen LogP contribution in [0.25, 0.3) is 17.5 Å². The van der Waals surface area contributed by atoms with Crippen molar-refractivity contribution in [1.82, 2.24) is 9.97 Å². The largest absolute Gasteiger partial charge is 0.462 e. The zero-order chi connectivity index (χ0) is 21.1. The summed E-state index contributed by atoms with van der Waals surface area (Å²) in [6, 6.07) is 2.39. The molecule has 4 nitrogen and oxygen atoms in total. The number of hydrogen-bond donors (Lipinski definition) is 0. The number of benzene rings is 1. The van der Waals surface area contributed by atoms with Crippen molar-refractivity contribution < 1.29 is 35.9 Å². The fraction of sp³-hybridized carbons (Fsp3) is 0.235. The first-order valence-corrected chi connectivity index (χ1v) is 8.38. The molecule has 0 saturated heterocycles. The van der Waals surface area contributed by atoms with E-state index in [9.17, 15) is 31.1 Å². The van der Waals surface area contributed by atoms with Gasteiger partial charge in [-0.1, -0.05) is 0 Å². The molecule has 1 aromatic heterocycles. The van der Waals surface area contributed by atoms with Crippen LogP contribution in [0.4, 0.5) is 26.3 Å². The normalized spacial score (nSPS) is 12.8.